The number of nitrogens with one attached hydrogen (secondary N) is 2. The van der Waals surface area contributed by atoms with Crippen molar-refractivity contribution in [3.8, 4) is 5.75 Å². The van der Waals surface area contributed by atoms with Gasteiger partial charge in [0.2, 0.25) is 0 Å². The highest BCUT2D eigenvalue weighted by atomic mass is 16.3. The number of carbonyl (C=O) groups excluding carboxylic acids is 2. The number of carbonyl (C=O) groups is 2. The third-order valence-electron chi connectivity index (χ3n) is 2.70. The second kappa shape index (κ2) is 5.48. The van der Waals surface area contributed by atoms with Crippen molar-refractivity contribution >= 4 is 11.8 Å². The van der Waals surface area contributed by atoms with Gasteiger partial charge in [0, 0.05) is 5.56 Å². The molecule has 0 aliphatic heterocycles. The SMILES string of the molecule is Cc1cc(C(=O)NNC(=O)c2ccc(O)cc2)c(C)o1. The Morgan fingerprint density at radius 1 is 1.05 bits per heavy atom. The van der Waals surface area contributed by atoms with Crippen molar-refractivity contribution in [1.29, 1.82) is 0 Å². The highest BCUT2D eigenvalue weighted by Gasteiger charge is 2.14. The monoisotopic (exact) mass is 274 g/mol. The van der Waals surface area contributed by atoms with E-state index in [2.05, 4.69) is 10.9 Å². The molecule has 0 saturated heterocycles. The van der Waals surface area contributed by atoms with Crippen molar-refractivity contribution in [2.75, 3.05) is 0 Å². The molecule has 0 radical (unpaired) electrons. The maximum Gasteiger partial charge on any atom is 0.273 e. The lowest BCUT2D eigenvalue weighted by molar-refractivity contribution is 0.0845. The summed E-state index contributed by atoms with van der Waals surface area (Å²) in [6, 6.07) is 7.27. The molecule has 20 heavy (non-hydrogen) atoms. The highest BCUT2D eigenvalue weighted by Crippen LogP contribution is 2.13. The van der Waals surface area contributed by atoms with Crippen LogP contribution in [0.1, 0.15) is 32.2 Å². The molecule has 0 aliphatic carbocycles. The predicted molar refractivity (Wildman–Crippen MR) is 71.2 cm³/mol. The van der Waals surface area contributed by atoms with E-state index in [1.165, 1.54) is 24.3 Å². The Balaban J connectivity index is 1.98. The minimum atomic E-state index is -0.476. The second-order valence-electron chi connectivity index (χ2n) is 4.28. The van der Waals surface area contributed by atoms with Crippen LogP contribution in [0.3, 0.4) is 0 Å². The van der Waals surface area contributed by atoms with Crippen LogP contribution in [-0.2, 0) is 0 Å². The molecule has 0 bridgehead atoms. The zero-order valence-electron chi connectivity index (χ0n) is 11.1. The molecule has 0 fully saturated rings. The molecule has 6 heteroatoms. The summed E-state index contributed by atoms with van der Waals surface area (Å²) in [5.74, 6) is 0.245. The van der Waals surface area contributed by atoms with Gasteiger partial charge in [-0.15, -0.1) is 0 Å². The molecule has 0 unspecified atom stereocenters. The van der Waals surface area contributed by atoms with E-state index >= 15 is 0 Å². The Labute approximate surface area is 115 Å². The molecule has 1 aromatic carbocycles. The van der Waals surface area contributed by atoms with Crippen LogP contribution in [0.5, 0.6) is 5.75 Å². The summed E-state index contributed by atoms with van der Waals surface area (Å²) in [6.07, 6.45) is 0. The predicted octanol–water partition coefficient (Wildman–Crippen LogP) is 1.68. The summed E-state index contributed by atoms with van der Waals surface area (Å²) in [4.78, 5) is 23.6. The number of hydrazine groups is 1. The number of phenolic OH excluding ortho intramolecular Hbond substituents is 1. The topological polar surface area (TPSA) is 91.6 Å². The van der Waals surface area contributed by atoms with Gasteiger partial charge in [0.15, 0.2) is 0 Å². The van der Waals surface area contributed by atoms with Crippen LogP contribution < -0.4 is 10.9 Å². The first kappa shape index (κ1) is 13.7. The van der Waals surface area contributed by atoms with Gasteiger partial charge in [-0.2, -0.15) is 0 Å². The number of hydrogen-bond acceptors (Lipinski definition) is 4. The Kier molecular flexibility index (Phi) is 3.74. The van der Waals surface area contributed by atoms with Gasteiger partial charge in [0.25, 0.3) is 11.8 Å². The minimum Gasteiger partial charge on any atom is -0.508 e. The van der Waals surface area contributed by atoms with Crippen LogP contribution in [-0.4, -0.2) is 16.9 Å². The van der Waals surface area contributed by atoms with Crippen molar-refractivity contribution in [3.05, 3.63) is 53.0 Å². The fourth-order valence-corrected chi connectivity index (χ4v) is 1.72. The summed E-state index contributed by atoms with van der Waals surface area (Å²) >= 11 is 0. The van der Waals surface area contributed by atoms with E-state index in [1.54, 1.807) is 19.9 Å². The smallest absolute Gasteiger partial charge is 0.273 e. The lowest BCUT2D eigenvalue weighted by atomic mass is 10.2. The molecule has 0 aliphatic rings. The molecule has 2 rings (SSSR count). The number of hydrogen-bond donors (Lipinski definition) is 3. The van der Waals surface area contributed by atoms with Gasteiger partial charge in [-0.3, -0.25) is 20.4 Å². The van der Waals surface area contributed by atoms with E-state index in [1.807, 2.05) is 0 Å². The van der Waals surface area contributed by atoms with Crippen molar-refractivity contribution in [3.63, 3.8) is 0 Å². The van der Waals surface area contributed by atoms with Gasteiger partial charge in [0.05, 0.1) is 5.56 Å². The Bertz CT molecular complexity index is 644. The first-order valence-corrected chi connectivity index (χ1v) is 5.94. The largest absolute Gasteiger partial charge is 0.508 e. The first-order valence-electron chi connectivity index (χ1n) is 5.94. The van der Waals surface area contributed by atoms with E-state index < -0.39 is 11.8 Å². The first-order chi connectivity index (χ1) is 9.47. The zero-order valence-corrected chi connectivity index (χ0v) is 11.1. The number of rotatable bonds is 2. The summed E-state index contributed by atoms with van der Waals surface area (Å²) in [5.41, 5.74) is 5.29. The molecular formula is C14H14N2O4. The second-order valence-corrected chi connectivity index (χ2v) is 4.28. The van der Waals surface area contributed by atoms with Gasteiger partial charge in [0.1, 0.15) is 17.3 Å². The molecular weight excluding hydrogens is 260 g/mol. The molecule has 0 atom stereocenters. The Hall–Kier alpha value is -2.76. The number of aromatic hydroxyl groups is 1. The Morgan fingerprint density at radius 2 is 1.65 bits per heavy atom. The van der Waals surface area contributed by atoms with Crippen molar-refractivity contribution in [2.24, 2.45) is 0 Å². The average Bonchev–Trinajstić information content (AvgIpc) is 2.75. The summed E-state index contributed by atoms with van der Waals surface area (Å²) in [6.45, 7) is 3.41. The average molecular weight is 274 g/mol. The minimum absolute atomic E-state index is 0.0649. The van der Waals surface area contributed by atoms with Gasteiger partial charge in [-0.25, -0.2) is 0 Å². The van der Waals surface area contributed by atoms with Gasteiger partial charge in [-0.1, -0.05) is 0 Å². The maximum atomic E-state index is 11.8. The van der Waals surface area contributed by atoms with Crippen LogP contribution in [0.15, 0.2) is 34.7 Å². The fraction of sp³-hybridized carbons (Fsp3) is 0.143. The third kappa shape index (κ3) is 2.97. The molecule has 2 amide bonds. The summed E-state index contributed by atoms with van der Waals surface area (Å²) < 4.78 is 5.24. The van der Waals surface area contributed by atoms with Gasteiger partial charge in [-0.05, 0) is 44.2 Å². The normalized spacial score (nSPS) is 10.1. The summed E-state index contributed by atoms with van der Waals surface area (Å²) in [5, 5.41) is 9.13. The summed E-state index contributed by atoms with van der Waals surface area (Å²) in [7, 11) is 0. The number of furan rings is 1. The number of benzene rings is 1. The van der Waals surface area contributed by atoms with Gasteiger partial charge >= 0.3 is 0 Å². The molecule has 3 N–H and O–H groups in total. The maximum absolute atomic E-state index is 11.8. The van der Waals surface area contributed by atoms with Crippen molar-refractivity contribution in [2.45, 2.75) is 13.8 Å². The number of amides is 2. The molecule has 104 valence electrons. The lowest BCUT2D eigenvalue weighted by Gasteiger charge is -2.06. The molecule has 0 saturated carbocycles. The standard InChI is InChI=1S/C14H14N2O4/c1-8-7-12(9(2)20-8)14(19)16-15-13(18)10-3-5-11(17)6-4-10/h3-7,17H,1-2H3,(H,15,18)(H,16,19). The van der Waals surface area contributed by atoms with E-state index in [9.17, 15) is 9.59 Å². The van der Waals surface area contributed by atoms with Crippen LogP contribution in [0.25, 0.3) is 0 Å². The molecule has 2 aromatic rings. The van der Waals surface area contributed by atoms with Crippen LogP contribution in [0.4, 0.5) is 0 Å². The molecule has 1 heterocycles. The highest BCUT2D eigenvalue weighted by molar-refractivity contribution is 5.99. The Morgan fingerprint density at radius 3 is 2.20 bits per heavy atom. The number of aryl methyl sites for hydroxylation is 2. The van der Waals surface area contributed by atoms with Crippen LogP contribution in [0.2, 0.25) is 0 Å². The van der Waals surface area contributed by atoms with E-state index in [-0.39, 0.29) is 5.75 Å². The van der Waals surface area contributed by atoms with E-state index in [4.69, 9.17) is 9.52 Å². The van der Waals surface area contributed by atoms with E-state index in [0.29, 0.717) is 22.6 Å². The molecule has 6 nitrogen and oxygen atoms in total. The van der Waals surface area contributed by atoms with E-state index in [0.717, 1.165) is 0 Å². The third-order valence-corrected chi connectivity index (χ3v) is 2.70. The molecule has 1 aromatic heterocycles. The zero-order chi connectivity index (χ0) is 14.7. The fourth-order valence-electron chi connectivity index (χ4n) is 1.72. The van der Waals surface area contributed by atoms with Crippen LogP contribution in [0, 0.1) is 13.8 Å². The van der Waals surface area contributed by atoms with Crippen LogP contribution >= 0.6 is 0 Å². The van der Waals surface area contributed by atoms with Crippen molar-refractivity contribution < 1.29 is 19.1 Å². The van der Waals surface area contributed by atoms with Crippen molar-refractivity contribution in [1.82, 2.24) is 10.9 Å². The van der Waals surface area contributed by atoms with Gasteiger partial charge < -0.3 is 9.52 Å². The molecule has 0 spiro atoms. The lowest BCUT2D eigenvalue weighted by Crippen LogP contribution is -2.41. The number of phenols is 1. The quantitative estimate of drug-likeness (QED) is 0.726.